The minimum atomic E-state index is 0.366. The first-order chi connectivity index (χ1) is 10.0. The molecule has 120 valence electrons. The van der Waals surface area contributed by atoms with E-state index in [1.807, 2.05) is 12.1 Å². The molecule has 0 aliphatic rings. The van der Waals surface area contributed by atoms with E-state index in [2.05, 4.69) is 31.4 Å². The Balaban J connectivity index is 2.73. The minimum absolute atomic E-state index is 0.366. The molecule has 21 heavy (non-hydrogen) atoms. The molecule has 1 atom stereocenters. The number of hydrogen-bond acceptors (Lipinski definition) is 5. The van der Waals surface area contributed by atoms with Gasteiger partial charge in [0.05, 0.1) is 21.3 Å². The number of hydrogen-bond donors (Lipinski definition) is 2. The van der Waals surface area contributed by atoms with Gasteiger partial charge in [0.2, 0.25) is 0 Å². The zero-order valence-electron chi connectivity index (χ0n) is 13.9. The van der Waals surface area contributed by atoms with E-state index in [0.29, 0.717) is 30.1 Å². The summed E-state index contributed by atoms with van der Waals surface area (Å²) in [6.07, 6.45) is 0. The molecule has 0 saturated heterocycles. The van der Waals surface area contributed by atoms with Crippen LogP contribution in [0.4, 0.5) is 0 Å². The zero-order chi connectivity index (χ0) is 15.8. The number of nitrogens with one attached hydrogen (secondary N) is 2. The van der Waals surface area contributed by atoms with Gasteiger partial charge >= 0.3 is 0 Å². The van der Waals surface area contributed by atoms with Crippen LogP contribution in [-0.4, -0.2) is 40.0 Å². The lowest BCUT2D eigenvalue weighted by atomic mass is 10.1. The number of ether oxygens (including phenoxy) is 3. The van der Waals surface area contributed by atoms with Crippen LogP contribution >= 0.6 is 0 Å². The fourth-order valence-corrected chi connectivity index (χ4v) is 2.00. The molecule has 1 rings (SSSR count). The Kier molecular flexibility index (Phi) is 7.32. The van der Waals surface area contributed by atoms with E-state index in [-0.39, 0.29) is 0 Å². The van der Waals surface area contributed by atoms with E-state index in [0.717, 1.165) is 17.9 Å². The molecule has 0 fully saturated rings. The van der Waals surface area contributed by atoms with Crippen LogP contribution in [0.1, 0.15) is 26.3 Å². The highest BCUT2D eigenvalue weighted by Crippen LogP contribution is 2.34. The van der Waals surface area contributed by atoms with Gasteiger partial charge in [0.15, 0.2) is 11.5 Å². The summed E-state index contributed by atoms with van der Waals surface area (Å²) in [5.74, 6) is 2.18. The third-order valence-corrected chi connectivity index (χ3v) is 3.26. The topological polar surface area (TPSA) is 51.8 Å². The van der Waals surface area contributed by atoms with Gasteiger partial charge < -0.3 is 24.8 Å². The monoisotopic (exact) mass is 296 g/mol. The van der Waals surface area contributed by atoms with E-state index in [1.165, 1.54) is 0 Å². The number of rotatable bonds is 9. The van der Waals surface area contributed by atoms with Gasteiger partial charge in [0.25, 0.3) is 0 Å². The average molecular weight is 296 g/mol. The molecule has 0 aliphatic carbocycles. The second-order valence-electron chi connectivity index (χ2n) is 5.36. The van der Waals surface area contributed by atoms with Gasteiger partial charge in [0.1, 0.15) is 5.75 Å². The summed E-state index contributed by atoms with van der Waals surface area (Å²) >= 11 is 0. The smallest absolute Gasteiger partial charge is 0.164 e. The summed E-state index contributed by atoms with van der Waals surface area (Å²) < 4.78 is 16.1. The maximum Gasteiger partial charge on any atom is 0.164 e. The first-order valence-corrected chi connectivity index (χ1v) is 7.27. The largest absolute Gasteiger partial charge is 0.496 e. The van der Waals surface area contributed by atoms with Crippen molar-refractivity contribution in [3.05, 3.63) is 17.7 Å². The first-order valence-electron chi connectivity index (χ1n) is 7.27. The van der Waals surface area contributed by atoms with Crippen molar-refractivity contribution in [1.82, 2.24) is 10.6 Å². The molecule has 0 heterocycles. The zero-order valence-corrected chi connectivity index (χ0v) is 13.9. The summed E-state index contributed by atoms with van der Waals surface area (Å²) in [5, 5.41) is 6.89. The van der Waals surface area contributed by atoms with Gasteiger partial charge in [-0.2, -0.15) is 0 Å². The molecule has 0 aliphatic heterocycles. The molecule has 0 aromatic heterocycles. The Morgan fingerprint density at radius 1 is 0.857 bits per heavy atom. The van der Waals surface area contributed by atoms with Crippen molar-refractivity contribution in [3.8, 4) is 17.2 Å². The lowest BCUT2D eigenvalue weighted by Crippen LogP contribution is -2.38. The van der Waals surface area contributed by atoms with Crippen LogP contribution in [0.2, 0.25) is 0 Å². The maximum atomic E-state index is 5.43. The Hall–Kier alpha value is -1.46. The Bertz CT molecular complexity index is 436. The van der Waals surface area contributed by atoms with E-state index in [9.17, 15) is 0 Å². The highest BCUT2D eigenvalue weighted by atomic mass is 16.5. The van der Waals surface area contributed by atoms with Crippen molar-refractivity contribution >= 4 is 0 Å². The van der Waals surface area contributed by atoms with E-state index in [4.69, 9.17) is 14.2 Å². The fraction of sp³-hybridized carbons (Fsp3) is 0.625. The van der Waals surface area contributed by atoms with Gasteiger partial charge in [-0.15, -0.1) is 0 Å². The highest BCUT2D eigenvalue weighted by molar-refractivity contribution is 5.50. The van der Waals surface area contributed by atoms with Gasteiger partial charge in [-0.3, -0.25) is 0 Å². The van der Waals surface area contributed by atoms with Crippen molar-refractivity contribution in [1.29, 1.82) is 0 Å². The lowest BCUT2D eigenvalue weighted by molar-refractivity contribution is 0.346. The van der Waals surface area contributed by atoms with Crippen LogP contribution in [0.3, 0.4) is 0 Å². The fourth-order valence-electron chi connectivity index (χ4n) is 2.00. The Morgan fingerprint density at radius 3 is 1.95 bits per heavy atom. The van der Waals surface area contributed by atoms with Gasteiger partial charge in [-0.25, -0.2) is 0 Å². The molecule has 5 heteroatoms. The van der Waals surface area contributed by atoms with Crippen LogP contribution < -0.4 is 24.8 Å². The average Bonchev–Trinajstić information content (AvgIpc) is 2.49. The van der Waals surface area contributed by atoms with E-state index in [1.54, 1.807) is 21.3 Å². The predicted molar refractivity (Wildman–Crippen MR) is 85.5 cm³/mol. The Labute approximate surface area is 128 Å². The number of methoxy groups -OCH3 is 3. The molecule has 0 saturated carbocycles. The van der Waals surface area contributed by atoms with Crippen LogP contribution in [0, 0.1) is 0 Å². The summed E-state index contributed by atoms with van der Waals surface area (Å²) in [7, 11) is 4.92. The van der Waals surface area contributed by atoms with Crippen LogP contribution in [0.15, 0.2) is 12.1 Å². The number of benzene rings is 1. The summed E-state index contributed by atoms with van der Waals surface area (Å²) in [5.41, 5.74) is 1.05. The van der Waals surface area contributed by atoms with Crippen molar-refractivity contribution in [3.63, 3.8) is 0 Å². The first kappa shape index (κ1) is 17.6. The quantitative estimate of drug-likeness (QED) is 0.731. The summed E-state index contributed by atoms with van der Waals surface area (Å²) in [6.45, 7) is 8.08. The Morgan fingerprint density at radius 2 is 1.43 bits per heavy atom. The molecule has 0 spiro atoms. The van der Waals surface area contributed by atoms with E-state index < -0.39 is 0 Å². The standard InChI is InChI=1S/C16H28N2O3/c1-11(2)17-9-12(3)18-10-13-7-15(20-5)16(21-6)8-14(13)19-4/h7-8,11-12,17-18H,9-10H2,1-6H3. The molecule has 0 bridgehead atoms. The van der Waals surface area contributed by atoms with Crippen molar-refractivity contribution in [2.75, 3.05) is 27.9 Å². The molecule has 0 amide bonds. The molecule has 1 aromatic rings. The molecule has 0 radical (unpaired) electrons. The van der Waals surface area contributed by atoms with Crippen molar-refractivity contribution < 1.29 is 14.2 Å². The minimum Gasteiger partial charge on any atom is -0.496 e. The lowest BCUT2D eigenvalue weighted by Gasteiger charge is -2.19. The maximum absolute atomic E-state index is 5.43. The normalized spacial score (nSPS) is 12.3. The SMILES string of the molecule is COc1cc(OC)c(OC)cc1CNC(C)CNC(C)C. The summed E-state index contributed by atoms with van der Waals surface area (Å²) in [6, 6.07) is 4.66. The van der Waals surface area contributed by atoms with Crippen molar-refractivity contribution in [2.45, 2.75) is 39.4 Å². The molecule has 1 unspecified atom stereocenters. The van der Waals surface area contributed by atoms with Gasteiger partial charge in [-0.1, -0.05) is 13.8 Å². The second-order valence-corrected chi connectivity index (χ2v) is 5.36. The van der Waals surface area contributed by atoms with Crippen LogP contribution in [0.5, 0.6) is 17.2 Å². The van der Waals surface area contributed by atoms with Gasteiger partial charge in [0, 0.05) is 36.8 Å². The van der Waals surface area contributed by atoms with Crippen LogP contribution in [-0.2, 0) is 6.54 Å². The molecular weight excluding hydrogens is 268 g/mol. The molecule has 1 aromatic carbocycles. The van der Waals surface area contributed by atoms with E-state index >= 15 is 0 Å². The second kappa shape index (κ2) is 8.74. The molecular formula is C16H28N2O3. The van der Waals surface area contributed by atoms with Crippen LogP contribution in [0.25, 0.3) is 0 Å². The third kappa shape index (κ3) is 5.44. The predicted octanol–water partition coefficient (Wildman–Crippen LogP) is 2.19. The highest BCUT2D eigenvalue weighted by Gasteiger charge is 2.12. The van der Waals surface area contributed by atoms with Crippen molar-refractivity contribution in [2.24, 2.45) is 0 Å². The summed E-state index contributed by atoms with van der Waals surface area (Å²) in [4.78, 5) is 0. The van der Waals surface area contributed by atoms with Gasteiger partial charge in [-0.05, 0) is 13.0 Å². The molecule has 5 nitrogen and oxygen atoms in total. The third-order valence-electron chi connectivity index (χ3n) is 3.26. The molecule has 2 N–H and O–H groups in total.